The molecule has 1 fully saturated rings. The predicted octanol–water partition coefficient (Wildman–Crippen LogP) is 3.53. The van der Waals surface area contributed by atoms with Crippen LogP contribution in [0.1, 0.15) is 49.4 Å². The summed E-state index contributed by atoms with van der Waals surface area (Å²) in [5, 5.41) is 0.495. The molecule has 0 saturated carbocycles. The number of aromatic nitrogens is 1. The maximum atomic E-state index is 12.5. The minimum atomic E-state index is 0.0295. The first-order chi connectivity index (χ1) is 8.74. The third-order valence-corrected chi connectivity index (χ3v) is 3.94. The highest BCUT2D eigenvalue weighted by molar-refractivity contribution is 6.33. The molecule has 1 aliphatic heterocycles. The molecule has 0 spiro atoms. The fourth-order valence-corrected chi connectivity index (χ4v) is 2.74. The number of hydrogen-bond donors (Lipinski definition) is 0. The molecule has 1 atom stereocenters. The van der Waals surface area contributed by atoms with E-state index in [9.17, 15) is 4.79 Å². The van der Waals surface area contributed by atoms with Crippen molar-refractivity contribution in [2.75, 3.05) is 6.54 Å². The molecule has 3 nitrogen and oxygen atoms in total. The van der Waals surface area contributed by atoms with Crippen LogP contribution in [0.3, 0.4) is 0 Å². The van der Waals surface area contributed by atoms with Crippen molar-refractivity contribution in [3.05, 3.63) is 29.0 Å². The maximum absolute atomic E-state index is 12.5. The monoisotopic (exact) mass is 266 g/mol. The number of hydrogen-bond acceptors (Lipinski definition) is 2. The van der Waals surface area contributed by atoms with Crippen LogP contribution in [0, 0.1) is 0 Å². The van der Waals surface area contributed by atoms with E-state index in [-0.39, 0.29) is 5.91 Å². The number of likely N-dealkylation sites (tertiary alicyclic amines) is 1. The van der Waals surface area contributed by atoms with Crippen LogP contribution in [0.2, 0.25) is 5.02 Å². The molecule has 1 saturated heterocycles. The molecule has 1 amide bonds. The lowest BCUT2D eigenvalue weighted by molar-refractivity contribution is 0.0678. The molecule has 0 aromatic carbocycles. The third-order valence-electron chi connectivity index (χ3n) is 3.61. The zero-order valence-electron chi connectivity index (χ0n) is 10.7. The average molecular weight is 267 g/mol. The molecule has 0 radical (unpaired) electrons. The SMILES string of the molecule is CCC1CCCCCN1C(=O)c1cnccc1Cl. The van der Waals surface area contributed by atoms with Gasteiger partial charge in [0.2, 0.25) is 0 Å². The van der Waals surface area contributed by atoms with E-state index in [2.05, 4.69) is 11.9 Å². The molecule has 4 heteroatoms. The Kier molecular flexibility index (Phi) is 4.59. The van der Waals surface area contributed by atoms with Gasteiger partial charge in [-0.1, -0.05) is 31.4 Å². The number of pyridine rings is 1. The summed E-state index contributed by atoms with van der Waals surface area (Å²) >= 11 is 6.08. The van der Waals surface area contributed by atoms with Gasteiger partial charge in [0.15, 0.2) is 0 Å². The molecule has 1 aromatic rings. The van der Waals surface area contributed by atoms with E-state index in [1.807, 2.05) is 4.90 Å². The van der Waals surface area contributed by atoms with Gasteiger partial charge in [-0.05, 0) is 25.3 Å². The molecule has 0 bridgehead atoms. The largest absolute Gasteiger partial charge is 0.336 e. The summed E-state index contributed by atoms with van der Waals surface area (Å²) in [5.74, 6) is 0.0295. The molecule has 18 heavy (non-hydrogen) atoms. The van der Waals surface area contributed by atoms with Crippen molar-refractivity contribution in [1.29, 1.82) is 0 Å². The first-order valence-corrected chi connectivity index (χ1v) is 7.02. The predicted molar refractivity (Wildman–Crippen MR) is 72.8 cm³/mol. The highest BCUT2D eigenvalue weighted by Gasteiger charge is 2.26. The van der Waals surface area contributed by atoms with Crippen LogP contribution in [0.5, 0.6) is 0 Å². The highest BCUT2D eigenvalue weighted by atomic mass is 35.5. The Bertz CT molecular complexity index is 422. The van der Waals surface area contributed by atoms with Crippen molar-refractivity contribution in [2.45, 2.75) is 45.1 Å². The number of carbonyl (C=O) groups excluding carboxylic acids is 1. The third kappa shape index (κ3) is 2.83. The molecule has 2 rings (SSSR count). The molecule has 1 aliphatic rings. The quantitative estimate of drug-likeness (QED) is 0.820. The Balaban J connectivity index is 2.23. The first kappa shape index (κ1) is 13.3. The molecular formula is C14H19ClN2O. The van der Waals surface area contributed by atoms with Crippen molar-refractivity contribution in [2.24, 2.45) is 0 Å². The number of nitrogens with zero attached hydrogens (tertiary/aromatic N) is 2. The van der Waals surface area contributed by atoms with Crippen molar-refractivity contribution in [3.63, 3.8) is 0 Å². The number of amides is 1. The minimum absolute atomic E-state index is 0.0295. The minimum Gasteiger partial charge on any atom is -0.336 e. The molecule has 0 aliphatic carbocycles. The Labute approximate surface area is 113 Å². The second-order valence-electron chi connectivity index (χ2n) is 4.77. The zero-order chi connectivity index (χ0) is 13.0. The lowest BCUT2D eigenvalue weighted by atomic mass is 10.1. The van der Waals surface area contributed by atoms with Crippen LogP contribution in [0.15, 0.2) is 18.5 Å². The molecule has 1 aromatic heterocycles. The normalized spacial score (nSPS) is 20.6. The van der Waals surface area contributed by atoms with Gasteiger partial charge < -0.3 is 4.90 Å². The van der Waals surface area contributed by atoms with Gasteiger partial charge in [-0.2, -0.15) is 0 Å². The highest BCUT2D eigenvalue weighted by Crippen LogP contribution is 2.23. The summed E-state index contributed by atoms with van der Waals surface area (Å²) in [7, 11) is 0. The van der Waals surface area contributed by atoms with Crippen LogP contribution in [-0.2, 0) is 0 Å². The fourth-order valence-electron chi connectivity index (χ4n) is 2.56. The molecule has 2 heterocycles. The maximum Gasteiger partial charge on any atom is 0.257 e. The van der Waals surface area contributed by atoms with E-state index in [4.69, 9.17) is 11.6 Å². The summed E-state index contributed by atoms with van der Waals surface area (Å²) in [6.45, 7) is 2.98. The number of carbonyl (C=O) groups is 1. The van der Waals surface area contributed by atoms with E-state index in [1.165, 1.54) is 12.8 Å². The van der Waals surface area contributed by atoms with Crippen LogP contribution in [0.25, 0.3) is 0 Å². The lowest BCUT2D eigenvalue weighted by Gasteiger charge is -2.29. The summed E-state index contributed by atoms with van der Waals surface area (Å²) in [4.78, 5) is 18.5. The van der Waals surface area contributed by atoms with Gasteiger partial charge in [0.1, 0.15) is 0 Å². The van der Waals surface area contributed by atoms with Crippen LogP contribution in [0.4, 0.5) is 0 Å². The smallest absolute Gasteiger partial charge is 0.257 e. The van der Waals surface area contributed by atoms with E-state index < -0.39 is 0 Å². The van der Waals surface area contributed by atoms with Gasteiger partial charge in [0.25, 0.3) is 5.91 Å². The topological polar surface area (TPSA) is 33.2 Å². The van der Waals surface area contributed by atoms with Gasteiger partial charge in [-0.15, -0.1) is 0 Å². The second kappa shape index (κ2) is 6.19. The van der Waals surface area contributed by atoms with Crippen molar-refractivity contribution in [1.82, 2.24) is 9.88 Å². The van der Waals surface area contributed by atoms with Gasteiger partial charge >= 0.3 is 0 Å². The summed E-state index contributed by atoms with van der Waals surface area (Å²) < 4.78 is 0. The number of rotatable bonds is 2. The Morgan fingerprint density at radius 3 is 3.06 bits per heavy atom. The van der Waals surface area contributed by atoms with Crippen molar-refractivity contribution < 1.29 is 4.79 Å². The number of halogens is 1. The van der Waals surface area contributed by atoms with E-state index in [1.54, 1.807) is 18.5 Å². The van der Waals surface area contributed by atoms with Gasteiger partial charge in [0, 0.05) is 25.0 Å². The van der Waals surface area contributed by atoms with Gasteiger partial charge in [0.05, 0.1) is 10.6 Å². The standard InChI is InChI=1S/C14H19ClN2O/c1-2-11-6-4-3-5-9-17(11)14(18)12-10-16-8-7-13(12)15/h7-8,10-11H,2-6,9H2,1H3. The van der Waals surface area contributed by atoms with Gasteiger partial charge in [-0.3, -0.25) is 9.78 Å². The van der Waals surface area contributed by atoms with Crippen LogP contribution in [-0.4, -0.2) is 28.4 Å². The lowest BCUT2D eigenvalue weighted by Crippen LogP contribution is -2.39. The summed E-state index contributed by atoms with van der Waals surface area (Å²) in [6.07, 6.45) is 8.79. The Morgan fingerprint density at radius 2 is 2.33 bits per heavy atom. The average Bonchev–Trinajstić information content (AvgIpc) is 2.63. The van der Waals surface area contributed by atoms with E-state index in [0.717, 1.165) is 25.8 Å². The fraction of sp³-hybridized carbons (Fsp3) is 0.571. The summed E-state index contributed by atoms with van der Waals surface area (Å²) in [6, 6.07) is 2.02. The molecule has 0 N–H and O–H groups in total. The Morgan fingerprint density at radius 1 is 1.50 bits per heavy atom. The van der Waals surface area contributed by atoms with Gasteiger partial charge in [-0.25, -0.2) is 0 Å². The van der Waals surface area contributed by atoms with Crippen LogP contribution >= 0.6 is 11.6 Å². The van der Waals surface area contributed by atoms with E-state index >= 15 is 0 Å². The zero-order valence-corrected chi connectivity index (χ0v) is 11.5. The summed E-state index contributed by atoms with van der Waals surface area (Å²) in [5.41, 5.74) is 0.527. The van der Waals surface area contributed by atoms with E-state index in [0.29, 0.717) is 16.6 Å². The second-order valence-corrected chi connectivity index (χ2v) is 5.17. The molecule has 98 valence electrons. The van der Waals surface area contributed by atoms with Crippen molar-refractivity contribution >= 4 is 17.5 Å². The molecular weight excluding hydrogens is 248 g/mol. The van der Waals surface area contributed by atoms with Crippen molar-refractivity contribution in [3.8, 4) is 0 Å². The molecule has 1 unspecified atom stereocenters. The first-order valence-electron chi connectivity index (χ1n) is 6.64. The van der Waals surface area contributed by atoms with Crippen LogP contribution < -0.4 is 0 Å². The Hall–Kier alpha value is -1.09.